The molecule has 0 heterocycles. The summed E-state index contributed by atoms with van der Waals surface area (Å²) >= 11 is 0. The van der Waals surface area contributed by atoms with Gasteiger partial charge in [-0.3, -0.25) is 4.99 Å². The highest BCUT2D eigenvalue weighted by atomic mass is 14.7. The molecule has 52 valence electrons. The third-order valence-corrected chi connectivity index (χ3v) is 2.06. The van der Waals surface area contributed by atoms with Crippen molar-refractivity contribution in [3.63, 3.8) is 0 Å². The Morgan fingerprint density at radius 1 is 1.56 bits per heavy atom. The van der Waals surface area contributed by atoms with Crippen LogP contribution in [0.1, 0.15) is 32.6 Å². The van der Waals surface area contributed by atoms with Crippen LogP contribution in [0.4, 0.5) is 0 Å². The van der Waals surface area contributed by atoms with E-state index in [2.05, 4.69) is 11.9 Å². The Kier molecular flexibility index (Phi) is 2.26. The minimum atomic E-state index is 0.887. The van der Waals surface area contributed by atoms with Crippen LogP contribution in [-0.4, -0.2) is 12.8 Å². The monoisotopic (exact) mass is 125 g/mol. The molecule has 0 bridgehead atoms. The lowest BCUT2D eigenvalue weighted by molar-refractivity contribution is 0.500. The van der Waals surface area contributed by atoms with Crippen LogP contribution in [0.5, 0.6) is 0 Å². The van der Waals surface area contributed by atoms with Gasteiger partial charge < -0.3 is 0 Å². The predicted octanol–water partition coefficient (Wildman–Crippen LogP) is 2.27. The molecule has 0 amide bonds. The lowest BCUT2D eigenvalue weighted by atomic mass is 9.89. The van der Waals surface area contributed by atoms with Crippen LogP contribution in [0.3, 0.4) is 0 Å². The van der Waals surface area contributed by atoms with E-state index in [1.807, 2.05) is 7.05 Å². The van der Waals surface area contributed by atoms with E-state index < -0.39 is 0 Å². The van der Waals surface area contributed by atoms with E-state index in [-0.39, 0.29) is 0 Å². The second-order valence-corrected chi connectivity index (χ2v) is 2.99. The molecule has 0 aliphatic heterocycles. The van der Waals surface area contributed by atoms with Crippen molar-refractivity contribution in [3.05, 3.63) is 0 Å². The van der Waals surface area contributed by atoms with E-state index in [0.717, 1.165) is 5.92 Å². The van der Waals surface area contributed by atoms with Gasteiger partial charge in [0.05, 0.1) is 0 Å². The van der Waals surface area contributed by atoms with E-state index >= 15 is 0 Å². The molecule has 1 aliphatic carbocycles. The van der Waals surface area contributed by atoms with Crippen molar-refractivity contribution in [2.24, 2.45) is 10.9 Å². The number of nitrogens with zero attached hydrogens (tertiary/aromatic N) is 1. The van der Waals surface area contributed by atoms with Gasteiger partial charge in [-0.15, -0.1) is 0 Å². The van der Waals surface area contributed by atoms with Crippen molar-refractivity contribution in [3.8, 4) is 0 Å². The normalized spacial score (nSPS) is 33.1. The Balaban J connectivity index is 2.41. The molecule has 1 heteroatoms. The van der Waals surface area contributed by atoms with Crippen LogP contribution in [-0.2, 0) is 0 Å². The number of hydrogen-bond donors (Lipinski definition) is 0. The molecule has 0 unspecified atom stereocenters. The van der Waals surface area contributed by atoms with Crippen molar-refractivity contribution in [1.29, 1.82) is 0 Å². The maximum absolute atomic E-state index is 4.21. The summed E-state index contributed by atoms with van der Waals surface area (Å²) in [6, 6.07) is 0. The average molecular weight is 125 g/mol. The fourth-order valence-electron chi connectivity index (χ4n) is 1.46. The Bertz CT molecular complexity index is 116. The van der Waals surface area contributed by atoms with E-state index in [0.29, 0.717) is 0 Å². The summed E-state index contributed by atoms with van der Waals surface area (Å²) < 4.78 is 0. The molecular formula is C8H15N. The maximum Gasteiger partial charge on any atom is 0.0276 e. The van der Waals surface area contributed by atoms with Gasteiger partial charge in [0.2, 0.25) is 0 Å². The maximum atomic E-state index is 4.21. The van der Waals surface area contributed by atoms with Crippen molar-refractivity contribution in [2.75, 3.05) is 7.05 Å². The Morgan fingerprint density at radius 3 is 2.78 bits per heavy atom. The summed E-state index contributed by atoms with van der Waals surface area (Å²) in [4.78, 5) is 4.21. The predicted molar refractivity (Wildman–Crippen MR) is 41.0 cm³/mol. The van der Waals surface area contributed by atoms with Gasteiger partial charge in [0.1, 0.15) is 0 Å². The molecule has 9 heavy (non-hydrogen) atoms. The summed E-state index contributed by atoms with van der Waals surface area (Å²) in [5.41, 5.74) is 1.42. The third-order valence-electron chi connectivity index (χ3n) is 2.06. The first kappa shape index (κ1) is 6.79. The third kappa shape index (κ3) is 1.81. The van der Waals surface area contributed by atoms with Crippen molar-refractivity contribution >= 4 is 5.71 Å². The minimum absolute atomic E-state index is 0.887. The van der Waals surface area contributed by atoms with Crippen LogP contribution < -0.4 is 0 Å². The molecule has 1 nitrogen and oxygen atoms in total. The quantitative estimate of drug-likeness (QED) is 0.471. The number of hydrogen-bond acceptors (Lipinski definition) is 1. The highest BCUT2D eigenvalue weighted by molar-refractivity contribution is 5.85. The van der Waals surface area contributed by atoms with Crippen LogP contribution in [0, 0.1) is 5.92 Å². The molecule has 0 saturated heterocycles. The highest BCUT2D eigenvalue weighted by Crippen LogP contribution is 2.20. The summed E-state index contributed by atoms with van der Waals surface area (Å²) in [7, 11) is 1.91. The topological polar surface area (TPSA) is 12.4 Å². The zero-order valence-corrected chi connectivity index (χ0v) is 6.35. The SMILES string of the molecule is CN=C1CCC[C@@H](C)C1. The molecule has 1 fully saturated rings. The molecule has 0 aromatic carbocycles. The van der Waals surface area contributed by atoms with Crippen LogP contribution in [0.25, 0.3) is 0 Å². The van der Waals surface area contributed by atoms with Crippen molar-refractivity contribution < 1.29 is 0 Å². The first-order chi connectivity index (χ1) is 4.33. The molecule has 1 saturated carbocycles. The second-order valence-electron chi connectivity index (χ2n) is 2.99. The van der Waals surface area contributed by atoms with E-state index in [1.165, 1.54) is 31.4 Å². The molecule has 0 aromatic heterocycles. The Morgan fingerprint density at radius 2 is 2.33 bits per heavy atom. The first-order valence-corrected chi connectivity index (χ1v) is 3.77. The summed E-state index contributed by atoms with van der Waals surface area (Å²) in [6.07, 6.45) is 5.25. The molecule has 1 atom stereocenters. The van der Waals surface area contributed by atoms with Gasteiger partial charge in [0, 0.05) is 12.8 Å². The minimum Gasteiger partial charge on any atom is -0.297 e. The van der Waals surface area contributed by atoms with Gasteiger partial charge in [-0.1, -0.05) is 6.92 Å². The highest BCUT2D eigenvalue weighted by Gasteiger charge is 2.12. The molecule has 1 aliphatic rings. The van der Waals surface area contributed by atoms with E-state index in [9.17, 15) is 0 Å². The number of rotatable bonds is 0. The van der Waals surface area contributed by atoms with Crippen molar-refractivity contribution in [2.45, 2.75) is 32.6 Å². The van der Waals surface area contributed by atoms with E-state index in [4.69, 9.17) is 0 Å². The van der Waals surface area contributed by atoms with Crippen molar-refractivity contribution in [1.82, 2.24) is 0 Å². The fraction of sp³-hybridized carbons (Fsp3) is 0.875. The first-order valence-electron chi connectivity index (χ1n) is 3.77. The Hall–Kier alpha value is -0.330. The van der Waals surface area contributed by atoms with Gasteiger partial charge in [0.15, 0.2) is 0 Å². The summed E-state index contributed by atoms with van der Waals surface area (Å²) in [5, 5.41) is 0. The molecule has 1 rings (SSSR count). The zero-order chi connectivity index (χ0) is 6.69. The summed E-state index contributed by atoms with van der Waals surface area (Å²) in [5.74, 6) is 0.887. The molecule has 0 N–H and O–H groups in total. The second kappa shape index (κ2) is 3.00. The van der Waals surface area contributed by atoms with Gasteiger partial charge in [-0.05, 0) is 31.6 Å². The molecular weight excluding hydrogens is 110 g/mol. The van der Waals surface area contributed by atoms with Gasteiger partial charge in [-0.25, -0.2) is 0 Å². The van der Waals surface area contributed by atoms with Gasteiger partial charge in [-0.2, -0.15) is 0 Å². The fourth-order valence-corrected chi connectivity index (χ4v) is 1.46. The molecule has 0 spiro atoms. The van der Waals surface area contributed by atoms with Crippen LogP contribution >= 0.6 is 0 Å². The summed E-state index contributed by atoms with van der Waals surface area (Å²) in [6.45, 7) is 2.31. The zero-order valence-electron chi connectivity index (χ0n) is 6.35. The Labute approximate surface area is 57.2 Å². The smallest absolute Gasteiger partial charge is 0.0276 e. The number of aliphatic imine (C=N–C) groups is 1. The van der Waals surface area contributed by atoms with Crippen LogP contribution in [0.15, 0.2) is 4.99 Å². The standard InChI is InChI=1S/C8H15N/c1-7-4-3-5-8(6-7)9-2/h7H,3-6H2,1-2H3/t7-/m1/s1. The average Bonchev–Trinajstić information content (AvgIpc) is 1.88. The largest absolute Gasteiger partial charge is 0.297 e. The lowest BCUT2D eigenvalue weighted by Gasteiger charge is -2.18. The van der Waals surface area contributed by atoms with Crippen LogP contribution in [0.2, 0.25) is 0 Å². The van der Waals surface area contributed by atoms with Gasteiger partial charge >= 0.3 is 0 Å². The molecule has 0 aromatic rings. The lowest BCUT2D eigenvalue weighted by Crippen LogP contribution is -2.11. The molecule has 0 radical (unpaired) electrons. The van der Waals surface area contributed by atoms with E-state index in [1.54, 1.807) is 0 Å². The van der Waals surface area contributed by atoms with Gasteiger partial charge in [0.25, 0.3) is 0 Å².